The van der Waals surface area contributed by atoms with Gasteiger partial charge in [-0.1, -0.05) is 0 Å². The van der Waals surface area contributed by atoms with Crippen LogP contribution in [0, 0.1) is 0 Å². The summed E-state index contributed by atoms with van der Waals surface area (Å²) in [7, 11) is 0. The van der Waals surface area contributed by atoms with Crippen molar-refractivity contribution in [1.29, 1.82) is 0 Å². The van der Waals surface area contributed by atoms with Gasteiger partial charge in [-0.05, 0) is 22.0 Å². The summed E-state index contributed by atoms with van der Waals surface area (Å²) in [5.41, 5.74) is 0.851. The predicted octanol–water partition coefficient (Wildman–Crippen LogP) is 2.92. The SMILES string of the molecule is O=C(O)c1ncc2nc(-c3cncc(Br)c3)sc2c1O. The molecule has 0 radical (unpaired) electrons. The Hall–Kier alpha value is -2.06. The number of aromatic carboxylic acids is 1. The van der Waals surface area contributed by atoms with E-state index in [9.17, 15) is 9.90 Å². The number of rotatable bonds is 2. The zero-order valence-corrected chi connectivity index (χ0v) is 12.1. The van der Waals surface area contributed by atoms with Gasteiger partial charge in [0.25, 0.3) is 0 Å². The van der Waals surface area contributed by atoms with Crippen LogP contribution in [-0.2, 0) is 0 Å². The number of thiazole rings is 1. The van der Waals surface area contributed by atoms with Crippen molar-refractivity contribution in [3.63, 3.8) is 0 Å². The maximum atomic E-state index is 10.9. The highest BCUT2D eigenvalue weighted by Crippen LogP contribution is 2.36. The molecule has 8 heteroatoms. The van der Waals surface area contributed by atoms with E-state index >= 15 is 0 Å². The largest absolute Gasteiger partial charge is 0.504 e. The van der Waals surface area contributed by atoms with Crippen LogP contribution in [0.2, 0.25) is 0 Å². The number of aromatic nitrogens is 3. The quantitative estimate of drug-likeness (QED) is 0.736. The Bertz CT molecular complexity index is 834. The van der Waals surface area contributed by atoms with Gasteiger partial charge in [-0.25, -0.2) is 14.8 Å². The number of nitrogens with zero attached hydrogens (tertiary/aromatic N) is 3. The summed E-state index contributed by atoms with van der Waals surface area (Å²) in [6, 6.07) is 1.84. The molecule has 0 fully saturated rings. The van der Waals surface area contributed by atoms with E-state index in [1.165, 1.54) is 17.5 Å². The second-order valence-electron chi connectivity index (χ2n) is 3.89. The first-order valence-corrected chi connectivity index (χ1v) is 7.00. The number of hydrogen-bond donors (Lipinski definition) is 2. The Balaban J connectivity index is 2.21. The topological polar surface area (TPSA) is 96.2 Å². The Kier molecular flexibility index (Phi) is 3.11. The van der Waals surface area contributed by atoms with E-state index in [2.05, 4.69) is 30.9 Å². The molecule has 3 aromatic rings. The smallest absolute Gasteiger partial charge is 0.358 e. The molecule has 0 saturated carbocycles. The molecule has 0 amide bonds. The minimum Gasteiger partial charge on any atom is -0.504 e. The molecule has 0 bridgehead atoms. The van der Waals surface area contributed by atoms with Crippen LogP contribution in [-0.4, -0.2) is 31.1 Å². The van der Waals surface area contributed by atoms with Gasteiger partial charge in [0.2, 0.25) is 0 Å². The van der Waals surface area contributed by atoms with Crippen molar-refractivity contribution in [3.8, 4) is 16.3 Å². The van der Waals surface area contributed by atoms with Gasteiger partial charge < -0.3 is 10.2 Å². The van der Waals surface area contributed by atoms with Crippen molar-refractivity contribution in [1.82, 2.24) is 15.0 Å². The zero-order chi connectivity index (χ0) is 14.3. The minimum absolute atomic E-state index is 0.360. The average Bonchev–Trinajstić information content (AvgIpc) is 2.83. The van der Waals surface area contributed by atoms with Crippen LogP contribution in [0.3, 0.4) is 0 Å². The lowest BCUT2D eigenvalue weighted by Crippen LogP contribution is -1.99. The lowest BCUT2D eigenvalue weighted by Gasteiger charge is -1.97. The number of carbonyl (C=O) groups is 1. The molecule has 2 N–H and O–H groups in total. The fourth-order valence-corrected chi connectivity index (χ4v) is 3.02. The molecule has 0 unspecified atom stereocenters. The molecule has 0 spiro atoms. The Morgan fingerprint density at radius 1 is 1.30 bits per heavy atom. The molecular weight excluding hydrogens is 346 g/mol. The number of aromatic hydroxyl groups is 1. The number of pyridine rings is 2. The molecule has 3 rings (SSSR count). The molecule has 20 heavy (non-hydrogen) atoms. The molecule has 0 aliphatic heterocycles. The lowest BCUT2D eigenvalue weighted by atomic mass is 10.3. The van der Waals surface area contributed by atoms with Gasteiger partial charge in [0.15, 0.2) is 11.4 Å². The number of fused-ring (bicyclic) bond motifs is 1. The van der Waals surface area contributed by atoms with Gasteiger partial charge in [0.05, 0.1) is 6.20 Å². The second kappa shape index (κ2) is 4.80. The van der Waals surface area contributed by atoms with Crippen LogP contribution in [0.1, 0.15) is 10.5 Å². The van der Waals surface area contributed by atoms with E-state index in [0.717, 1.165) is 10.0 Å². The van der Waals surface area contributed by atoms with Crippen molar-refractivity contribution >= 4 is 43.5 Å². The zero-order valence-electron chi connectivity index (χ0n) is 9.74. The highest BCUT2D eigenvalue weighted by Gasteiger charge is 2.18. The van der Waals surface area contributed by atoms with Crippen LogP contribution in [0.5, 0.6) is 5.75 Å². The van der Waals surface area contributed by atoms with Gasteiger partial charge in [-0.3, -0.25) is 4.98 Å². The Morgan fingerprint density at radius 3 is 2.80 bits per heavy atom. The molecule has 0 atom stereocenters. The normalized spacial score (nSPS) is 10.8. The molecule has 6 nitrogen and oxygen atoms in total. The van der Waals surface area contributed by atoms with Crippen LogP contribution >= 0.6 is 27.3 Å². The summed E-state index contributed by atoms with van der Waals surface area (Å²) in [6.07, 6.45) is 4.63. The fourth-order valence-electron chi connectivity index (χ4n) is 1.69. The highest BCUT2D eigenvalue weighted by molar-refractivity contribution is 9.10. The number of carboxylic acid groups (broad SMARTS) is 1. The van der Waals surface area contributed by atoms with Gasteiger partial charge in [0.1, 0.15) is 15.2 Å². The van der Waals surface area contributed by atoms with Gasteiger partial charge >= 0.3 is 5.97 Å². The molecule has 0 aliphatic rings. The van der Waals surface area contributed by atoms with E-state index in [1.807, 2.05) is 6.07 Å². The van der Waals surface area contributed by atoms with E-state index < -0.39 is 5.97 Å². The van der Waals surface area contributed by atoms with Crippen molar-refractivity contribution < 1.29 is 15.0 Å². The maximum absolute atomic E-state index is 10.9. The van der Waals surface area contributed by atoms with E-state index in [1.54, 1.807) is 12.4 Å². The molecule has 0 saturated heterocycles. The van der Waals surface area contributed by atoms with E-state index in [4.69, 9.17) is 5.11 Å². The molecule has 100 valence electrons. The lowest BCUT2D eigenvalue weighted by molar-refractivity contribution is 0.0687. The minimum atomic E-state index is -1.27. The third-order valence-electron chi connectivity index (χ3n) is 2.56. The highest BCUT2D eigenvalue weighted by atomic mass is 79.9. The summed E-state index contributed by atoms with van der Waals surface area (Å²) < 4.78 is 1.20. The average molecular weight is 352 g/mol. The standard InChI is InChI=1S/C12H6BrN3O3S/c13-6-1-5(2-14-3-6)11-16-7-4-15-8(12(18)19)9(17)10(7)20-11/h1-4,17H,(H,18,19). The number of halogens is 1. The summed E-state index contributed by atoms with van der Waals surface area (Å²) in [4.78, 5) is 23.0. The van der Waals surface area contributed by atoms with Crippen LogP contribution in [0.15, 0.2) is 29.1 Å². The molecule has 3 heterocycles. The molecule has 3 aromatic heterocycles. The van der Waals surface area contributed by atoms with Crippen molar-refractivity contribution in [2.24, 2.45) is 0 Å². The van der Waals surface area contributed by atoms with Crippen LogP contribution in [0.25, 0.3) is 20.8 Å². The second-order valence-corrected chi connectivity index (χ2v) is 5.80. The van der Waals surface area contributed by atoms with Crippen LogP contribution in [0.4, 0.5) is 0 Å². The first kappa shape index (κ1) is 12.9. The summed E-state index contributed by atoms with van der Waals surface area (Å²) in [5.74, 6) is -1.63. The Morgan fingerprint density at radius 2 is 2.10 bits per heavy atom. The summed E-state index contributed by atoms with van der Waals surface area (Å²) >= 11 is 4.52. The summed E-state index contributed by atoms with van der Waals surface area (Å²) in [5, 5.41) is 19.5. The fraction of sp³-hybridized carbons (Fsp3) is 0. The van der Waals surface area contributed by atoms with E-state index in [-0.39, 0.29) is 11.4 Å². The van der Waals surface area contributed by atoms with Crippen molar-refractivity contribution in [2.45, 2.75) is 0 Å². The van der Waals surface area contributed by atoms with E-state index in [0.29, 0.717) is 15.2 Å². The van der Waals surface area contributed by atoms with Gasteiger partial charge in [-0.15, -0.1) is 11.3 Å². The summed E-state index contributed by atoms with van der Waals surface area (Å²) in [6.45, 7) is 0. The third-order valence-corrected chi connectivity index (χ3v) is 4.12. The maximum Gasteiger partial charge on any atom is 0.358 e. The first-order chi connectivity index (χ1) is 9.56. The van der Waals surface area contributed by atoms with Gasteiger partial charge in [0, 0.05) is 22.4 Å². The number of carboxylic acids is 1. The molecule has 0 aliphatic carbocycles. The first-order valence-electron chi connectivity index (χ1n) is 5.39. The molecular formula is C12H6BrN3O3S. The van der Waals surface area contributed by atoms with Crippen molar-refractivity contribution in [2.75, 3.05) is 0 Å². The monoisotopic (exact) mass is 351 g/mol. The number of hydrogen-bond acceptors (Lipinski definition) is 6. The molecule has 0 aromatic carbocycles. The van der Waals surface area contributed by atoms with Crippen LogP contribution < -0.4 is 0 Å². The Labute approximate surface area is 124 Å². The third kappa shape index (κ3) is 2.12. The predicted molar refractivity (Wildman–Crippen MR) is 77.0 cm³/mol. The van der Waals surface area contributed by atoms with Gasteiger partial charge in [-0.2, -0.15) is 0 Å². The van der Waals surface area contributed by atoms with Crippen molar-refractivity contribution in [3.05, 3.63) is 34.8 Å².